The van der Waals surface area contributed by atoms with E-state index in [1.807, 2.05) is 0 Å². The van der Waals surface area contributed by atoms with Crippen LogP contribution in [0.5, 0.6) is 0 Å². The van der Waals surface area contributed by atoms with E-state index in [1.165, 1.54) is 5.57 Å². The molecule has 1 N–H and O–H groups in total. The smallest absolute Gasteiger partial charge is 0.00873 e. The molecule has 0 saturated heterocycles. The quantitative estimate of drug-likeness (QED) is 0.638. The summed E-state index contributed by atoms with van der Waals surface area (Å²) in [6, 6.07) is 0.567. The summed E-state index contributed by atoms with van der Waals surface area (Å²) in [6.45, 7) is 16.0. The SMILES string of the molecule is C=C(C)CCNC(C)C(C)(C)C. The zero-order chi connectivity index (χ0) is 9.78. The van der Waals surface area contributed by atoms with Crippen molar-refractivity contribution >= 4 is 0 Å². The van der Waals surface area contributed by atoms with Gasteiger partial charge in [0.05, 0.1) is 0 Å². The number of nitrogens with one attached hydrogen (secondary N) is 1. The van der Waals surface area contributed by atoms with Gasteiger partial charge in [-0.3, -0.25) is 0 Å². The first-order valence-corrected chi connectivity index (χ1v) is 4.72. The standard InChI is InChI=1S/C11H23N/c1-9(2)7-8-12-10(3)11(4,5)6/h10,12H,1,7-8H2,2-6H3. The molecule has 0 radical (unpaired) electrons. The average molecular weight is 169 g/mol. The van der Waals surface area contributed by atoms with E-state index in [1.54, 1.807) is 0 Å². The Labute approximate surface area is 77.2 Å². The van der Waals surface area contributed by atoms with Crippen molar-refractivity contribution in [2.45, 2.75) is 47.1 Å². The van der Waals surface area contributed by atoms with Gasteiger partial charge in [0.1, 0.15) is 0 Å². The summed E-state index contributed by atoms with van der Waals surface area (Å²) in [5, 5.41) is 3.49. The van der Waals surface area contributed by atoms with Crippen LogP contribution < -0.4 is 5.32 Å². The highest BCUT2D eigenvalue weighted by atomic mass is 14.9. The van der Waals surface area contributed by atoms with Gasteiger partial charge in [0.15, 0.2) is 0 Å². The van der Waals surface area contributed by atoms with Crippen LogP contribution in [-0.4, -0.2) is 12.6 Å². The van der Waals surface area contributed by atoms with E-state index in [0.717, 1.165) is 13.0 Å². The van der Waals surface area contributed by atoms with Gasteiger partial charge in [0.25, 0.3) is 0 Å². The predicted octanol–water partition coefficient (Wildman–Crippen LogP) is 2.98. The third kappa shape index (κ3) is 5.36. The van der Waals surface area contributed by atoms with Crippen LogP contribution in [0.1, 0.15) is 41.0 Å². The van der Waals surface area contributed by atoms with Crippen LogP contribution in [0, 0.1) is 5.41 Å². The Kier molecular flexibility index (Phi) is 4.54. The van der Waals surface area contributed by atoms with Crippen LogP contribution in [0.3, 0.4) is 0 Å². The second-order valence-electron chi connectivity index (χ2n) is 4.75. The van der Waals surface area contributed by atoms with Gasteiger partial charge < -0.3 is 5.32 Å². The van der Waals surface area contributed by atoms with Gasteiger partial charge >= 0.3 is 0 Å². The normalized spacial score (nSPS) is 14.4. The lowest BCUT2D eigenvalue weighted by Crippen LogP contribution is -2.38. The first kappa shape index (κ1) is 11.7. The lowest BCUT2D eigenvalue weighted by atomic mass is 9.88. The number of rotatable bonds is 4. The first-order chi connectivity index (χ1) is 5.34. The maximum absolute atomic E-state index is 3.87. The van der Waals surface area contributed by atoms with E-state index in [0.29, 0.717) is 11.5 Å². The Morgan fingerprint density at radius 1 is 1.42 bits per heavy atom. The van der Waals surface area contributed by atoms with E-state index in [-0.39, 0.29) is 0 Å². The van der Waals surface area contributed by atoms with Crippen molar-refractivity contribution in [3.05, 3.63) is 12.2 Å². The zero-order valence-corrected chi connectivity index (χ0v) is 9.20. The topological polar surface area (TPSA) is 12.0 Å². The van der Waals surface area contributed by atoms with Crippen LogP contribution in [0.4, 0.5) is 0 Å². The van der Waals surface area contributed by atoms with Crippen LogP contribution in [0.25, 0.3) is 0 Å². The molecule has 12 heavy (non-hydrogen) atoms. The summed E-state index contributed by atoms with van der Waals surface area (Å²) in [4.78, 5) is 0. The molecule has 0 aliphatic carbocycles. The van der Waals surface area contributed by atoms with E-state index in [2.05, 4.69) is 46.5 Å². The third-order valence-corrected chi connectivity index (χ3v) is 2.30. The van der Waals surface area contributed by atoms with Gasteiger partial charge in [-0.2, -0.15) is 0 Å². The van der Waals surface area contributed by atoms with Crippen LogP contribution in [0.15, 0.2) is 12.2 Å². The second-order valence-corrected chi connectivity index (χ2v) is 4.75. The molecule has 1 heteroatoms. The van der Waals surface area contributed by atoms with Crippen molar-refractivity contribution < 1.29 is 0 Å². The molecule has 0 saturated carbocycles. The summed E-state index contributed by atoms with van der Waals surface area (Å²) >= 11 is 0. The van der Waals surface area contributed by atoms with Crippen molar-refractivity contribution in [3.63, 3.8) is 0 Å². The molecule has 0 amide bonds. The van der Waals surface area contributed by atoms with Gasteiger partial charge in [0, 0.05) is 6.04 Å². The van der Waals surface area contributed by atoms with Crippen molar-refractivity contribution in [3.8, 4) is 0 Å². The Balaban J connectivity index is 3.58. The van der Waals surface area contributed by atoms with E-state index in [4.69, 9.17) is 0 Å². The molecule has 1 unspecified atom stereocenters. The minimum Gasteiger partial charge on any atom is -0.313 e. The molecule has 0 aliphatic rings. The van der Waals surface area contributed by atoms with Gasteiger partial charge in [-0.05, 0) is 32.2 Å². The minimum absolute atomic E-state index is 0.356. The van der Waals surface area contributed by atoms with Gasteiger partial charge in [-0.25, -0.2) is 0 Å². The first-order valence-electron chi connectivity index (χ1n) is 4.72. The highest BCUT2D eigenvalue weighted by molar-refractivity contribution is 4.89. The molecule has 0 spiro atoms. The van der Waals surface area contributed by atoms with Crippen molar-refractivity contribution in [1.82, 2.24) is 5.32 Å². The summed E-state index contributed by atoms with van der Waals surface area (Å²) in [6.07, 6.45) is 1.08. The van der Waals surface area contributed by atoms with Crippen molar-refractivity contribution in [2.24, 2.45) is 5.41 Å². The predicted molar refractivity (Wildman–Crippen MR) is 56.4 cm³/mol. The Morgan fingerprint density at radius 3 is 2.25 bits per heavy atom. The largest absolute Gasteiger partial charge is 0.313 e. The Morgan fingerprint density at radius 2 is 1.92 bits per heavy atom. The van der Waals surface area contributed by atoms with Gasteiger partial charge in [-0.1, -0.05) is 26.3 Å². The fourth-order valence-electron chi connectivity index (χ4n) is 0.808. The van der Waals surface area contributed by atoms with E-state index in [9.17, 15) is 0 Å². The molecule has 0 aromatic heterocycles. The number of hydrogen-bond acceptors (Lipinski definition) is 1. The summed E-state index contributed by atoms with van der Waals surface area (Å²) in [7, 11) is 0. The molecule has 0 rings (SSSR count). The molecule has 0 bridgehead atoms. The van der Waals surface area contributed by atoms with Crippen molar-refractivity contribution in [1.29, 1.82) is 0 Å². The van der Waals surface area contributed by atoms with Gasteiger partial charge in [0.2, 0.25) is 0 Å². The monoisotopic (exact) mass is 169 g/mol. The molecule has 0 heterocycles. The highest BCUT2D eigenvalue weighted by Gasteiger charge is 2.18. The summed E-state index contributed by atoms with van der Waals surface area (Å²) in [5.41, 5.74) is 1.61. The molecule has 0 aromatic rings. The maximum atomic E-state index is 3.87. The molecular formula is C11H23N. The highest BCUT2D eigenvalue weighted by Crippen LogP contribution is 2.18. The molecule has 72 valence electrons. The van der Waals surface area contributed by atoms with Crippen LogP contribution in [0.2, 0.25) is 0 Å². The summed E-state index contributed by atoms with van der Waals surface area (Å²) < 4.78 is 0. The van der Waals surface area contributed by atoms with E-state index < -0.39 is 0 Å². The minimum atomic E-state index is 0.356. The second kappa shape index (κ2) is 4.66. The molecule has 0 fully saturated rings. The Hall–Kier alpha value is -0.300. The molecule has 1 nitrogen and oxygen atoms in total. The van der Waals surface area contributed by atoms with Crippen LogP contribution >= 0.6 is 0 Å². The Bertz CT molecular complexity index is 142. The van der Waals surface area contributed by atoms with Crippen LogP contribution in [-0.2, 0) is 0 Å². The van der Waals surface area contributed by atoms with Crippen molar-refractivity contribution in [2.75, 3.05) is 6.54 Å². The summed E-state index contributed by atoms with van der Waals surface area (Å²) in [5.74, 6) is 0. The lowest BCUT2D eigenvalue weighted by molar-refractivity contribution is 0.288. The third-order valence-electron chi connectivity index (χ3n) is 2.30. The zero-order valence-electron chi connectivity index (χ0n) is 9.20. The fourth-order valence-corrected chi connectivity index (χ4v) is 0.808. The van der Waals surface area contributed by atoms with E-state index >= 15 is 0 Å². The molecule has 0 aliphatic heterocycles. The van der Waals surface area contributed by atoms with Gasteiger partial charge in [-0.15, -0.1) is 6.58 Å². The number of hydrogen-bond donors (Lipinski definition) is 1. The molecule has 0 aromatic carbocycles. The molecular weight excluding hydrogens is 146 g/mol. The molecule has 1 atom stereocenters. The fraction of sp³-hybridized carbons (Fsp3) is 0.818. The lowest BCUT2D eigenvalue weighted by Gasteiger charge is -2.28. The average Bonchev–Trinajstić information content (AvgIpc) is 1.84. The maximum Gasteiger partial charge on any atom is 0.00873 e.